The molecule has 2 aliphatic rings. The Kier molecular flexibility index (Phi) is 3.64. The molecule has 2 rings (SSSR count). The Morgan fingerprint density at radius 2 is 1.82 bits per heavy atom. The Bertz CT molecular complexity index is 282. The molecule has 2 N–H and O–H groups in total. The molecule has 17 heavy (non-hydrogen) atoms. The number of nitrogens with two attached hydrogens (primary N) is 1. The van der Waals surface area contributed by atoms with E-state index < -0.39 is 0 Å². The van der Waals surface area contributed by atoms with Gasteiger partial charge >= 0.3 is 0 Å². The van der Waals surface area contributed by atoms with Gasteiger partial charge in [-0.25, -0.2) is 0 Å². The fourth-order valence-electron chi connectivity index (χ4n) is 2.62. The van der Waals surface area contributed by atoms with Crippen LogP contribution >= 0.6 is 0 Å². The van der Waals surface area contributed by atoms with E-state index in [1.54, 1.807) is 0 Å². The van der Waals surface area contributed by atoms with Crippen molar-refractivity contribution >= 4 is 5.96 Å². The molecule has 3 heteroatoms. The number of rotatable bonds is 3. The van der Waals surface area contributed by atoms with Crippen molar-refractivity contribution in [3.05, 3.63) is 0 Å². The maximum absolute atomic E-state index is 6.00. The van der Waals surface area contributed by atoms with Crippen molar-refractivity contribution in [1.82, 2.24) is 4.90 Å². The van der Waals surface area contributed by atoms with Crippen LogP contribution in [-0.2, 0) is 0 Å². The summed E-state index contributed by atoms with van der Waals surface area (Å²) in [6.45, 7) is 5.68. The van der Waals surface area contributed by atoms with Gasteiger partial charge in [-0.05, 0) is 49.9 Å². The zero-order chi connectivity index (χ0) is 12.5. The average molecular weight is 237 g/mol. The topological polar surface area (TPSA) is 41.6 Å². The molecule has 0 bridgehead atoms. The number of aliphatic imine (C=N–C) groups is 1. The predicted molar refractivity (Wildman–Crippen MR) is 73.0 cm³/mol. The van der Waals surface area contributed by atoms with E-state index in [1.807, 2.05) is 0 Å². The maximum Gasteiger partial charge on any atom is 0.191 e. The van der Waals surface area contributed by atoms with Gasteiger partial charge in [-0.1, -0.05) is 13.8 Å². The van der Waals surface area contributed by atoms with E-state index >= 15 is 0 Å². The molecule has 0 heterocycles. The van der Waals surface area contributed by atoms with E-state index in [9.17, 15) is 0 Å². The Morgan fingerprint density at radius 3 is 2.35 bits per heavy atom. The van der Waals surface area contributed by atoms with E-state index in [4.69, 9.17) is 5.73 Å². The van der Waals surface area contributed by atoms with Crippen molar-refractivity contribution < 1.29 is 0 Å². The highest BCUT2D eigenvalue weighted by Gasteiger charge is 2.28. The molecule has 0 aliphatic heterocycles. The van der Waals surface area contributed by atoms with Crippen LogP contribution in [0.25, 0.3) is 0 Å². The number of hydrogen-bond donors (Lipinski definition) is 1. The Morgan fingerprint density at radius 1 is 1.24 bits per heavy atom. The van der Waals surface area contributed by atoms with Crippen LogP contribution in [0.2, 0.25) is 0 Å². The van der Waals surface area contributed by atoms with E-state index in [2.05, 4.69) is 30.8 Å². The van der Waals surface area contributed by atoms with Crippen LogP contribution in [0, 0.1) is 11.3 Å². The first kappa shape index (κ1) is 12.7. The summed E-state index contributed by atoms with van der Waals surface area (Å²) in [7, 11) is 2.07. The van der Waals surface area contributed by atoms with Gasteiger partial charge in [0, 0.05) is 19.6 Å². The molecule has 98 valence electrons. The van der Waals surface area contributed by atoms with E-state index in [0.717, 1.165) is 18.4 Å². The lowest BCUT2D eigenvalue weighted by Crippen LogP contribution is -2.36. The van der Waals surface area contributed by atoms with E-state index in [1.165, 1.54) is 38.5 Å². The second kappa shape index (κ2) is 4.87. The molecule has 0 spiro atoms. The summed E-state index contributed by atoms with van der Waals surface area (Å²) in [6.07, 6.45) is 7.87. The van der Waals surface area contributed by atoms with Gasteiger partial charge in [0.05, 0.1) is 0 Å². The molecular formula is C14H27N3. The van der Waals surface area contributed by atoms with Crippen molar-refractivity contribution in [2.45, 2.75) is 58.4 Å². The van der Waals surface area contributed by atoms with Crippen LogP contribution in [0.1, 0.15) is 52.4 Å². The van der Waals surface area contributed by atoms with Gasteiger partial charge in [-0.3, -0.25) is 4.99 Å². The molecule has 0 unspecified atom stereocenters. The molecular weight excluding hydrogens is 210 g/mol. The van der Waals surface area contributed by atoms with Gasteiger partial charge in [-0.2, -0.15) is 0 Å². The number of guanidine groups is 1. The summed E-state index contributed by atoms with van der Waals surface area (Å²) in [6, 6.07) is 0.670. The monoisotopic (exact) mass is 237 g/mol. The van der Waals surface area contributed by atoms with Gasteiger partial charge < -0.3 is 10.6 Å². The van der Waals surface area contributed by atoms with Crippen molar-refractivity contribution in [1.29, 1.82) is 0 Å². The van der Waals surface area contributed by atoms with Crippen LogP contribution < -0.4 is 5.73 Å². The molecule has 0 aromatic rings. The van der Waals surface area contributed by atoms with Crippen molar-refractivity contribution in [2.24, 2.45) is 22.1 Å². The first-order valence-corrected chi connectivity index (χ1v) is 7.01. The largest absolute Gasteiger partial charge is 0.370 e. The first-order valence-electron chi connectivity index (χ1n) is 7.01. The average Bonchev–Trinajstić information content (AvgIpc) is 3.10. The second-order valence-electron chi connectivity index (χ2n) is 6.65. The van der Waals surface area contributed by atoms with Crippen molar-refractivity contribution in [3.8, 4) is 0 Å². The molecule has 2 aliphatic carbocycles. The van der Waals surface area contributed by atoms with Crippen LogP contribution in [0.5, 0.6) is 0 Å². The summed E-state index contributed by atoms with van der Waals surface area (Å²) in [5.41, 5.74) is 6.56. The SMILES string of the molecule is CN(C(N)=NCC1CCC(C)(C)CC1)C1CC1. The minimum atomic E-state index is 0.552. The summed E-state index contributed by atoms with van der Waals surface area (Å²) < 4.78 is 0. The normalized spacial score (nSPS) is 25.9. The lowest BCUT2D eigenvalue weighted by molar-refractivity contribution is 0.195. The highest BCUT2D eigenvalue weighted by atomic mass is 15.3. The fraction of sp³-hybridized carbons (Fsp3) is 0.929. The molecule has 0 amide bonds. The number of hydrogen-bond acceptors (Lipinski definition) is 1. The zero-order valence-electron chi connectivity index (χ0n) is 11.6. The van der Waals surface area contributed by atoms with Crippen LogP contribution in [0.15, 0.2) is 4.99 Å². The molecule has 0 saturated heterocycles. The summed E-state index contributed by atoms with van der Waals surface area (Å²) in [4.78, 5) is 6.72. The standard InChI is InChI=1S/C14H27N3/c1-14(2)8-6-11(7-9-14)10-16-13(15)17(3)12-4-5-12/h11-12H,4-10H2,1-3H3,(H2,15,16). The fourth-order valence-corrected chi connectivity index (χ4v) is 2.62. The molecule has 0 radical (unpaired) electrons. The van der Waals surface area contributed by atoms with Gasteiger partial charge in [0.1, 0.15) is 0 Å². The minimum absolute atomic E-state index is 0.552. The van der Waals surface area contributed by atoms with Gasteiger partial charge in [-0.15, -0.1) is 0 Å². The van der Waals surface area contributed by atoms with Crippen LogP contribution in [0.4, 0.5) is 0 Å². The quantitative estimate of drug-likeness (QED) is 0.605. The Labute approximate surface area is 105 Å². The molecule has 2 saturated carbocycles. The number of nitrogens with zero attached hydrogens (tertiary/aromatic N) is 2. The summed E-state index contributed by atoms with van der Waals surface area (Å²) >= 11 is 0. The highest BCUT2D eigenvalue weighted by molar-refractivity contribution is 5.78. The van der Waals surface area contributed by atoms with Crippen molar-refractivity contribution in [2.75, 3.05) is 13.6 Å². The van der Waals surface area contributed by atoms with Crippen LogP contribution in [0.3, 0.4) is 0 Å². The zero-order valence-corrected chi connectivity index (χ0v) is 11.6. The Balaban J connectivity index is 1.76. The predicted octanol–water partition coefficient (Wildman–Crippen LogP) is 2.61. The highest BCUT2D eigenvalue weighted by Crippen LogP contribution is 2.38. The first-order chi connectivity index (χ1) is 7.98. The lowest BCUT2D eigenvalue weighted by Gasteiger charge is -2.33. The van der Waals surface area contributed by atoms with Crippen LogP contribution in [-0.4, -0.2) is 30.5 Å². The lowest BCUT2D eigenvalue weighted by atomic mass is 9.73. The third-order valence-corrected chi connectivity index (χ3v) is 4.43. The molecule has 3 nitrogen and oxygen atoms in total. The second-order valence-corrected chi connectivity index (χ2v) is 6.65. The van der Waals surface area contributed by atoms with Gasteiger partial charge in [0.15, 0.2) is 5.96 Å². The molecule has 0 aromatic heterocycles. The van der Waals surface area contributed by atoms with Crippen molar-refractivity contribution in [3.63, 3.8) is 0 Å². The third kappa shape index (κ3) is 3.62. The summed E-state index contributed by atoms with van der Waals surface area (Å²) in [5, 5.41) is 0. The minimum Gasteiger partial charge on any atom is -0.370 e. The molecule has 0 aromatic carbocycles. The third-order valence-electron chi connectivity index (χ3n) is 4.43. The van der Waals surface area contributed by atoms with Gasteiger partial charge in [0.25, 0.3) is 0 Å². The maximum atomic E-state index is 6.00. The molecule has 2 fully saturated rings. The van der Waals surface area contributed by atoms with E-state index in [0.29, 0.717) is 11.5 Å². The van der Waals surface area contributed by atoms with E-state index in [-0.39, 0.29) is 0 Å². The Hall–Kier alpha value is -0.730. The smallest absolute Gasteiger partial charge is 0.191 e. The molecule has 0 atom stereocenters. The van der Waals surface area contributed by atoms with Gasteiger partial charge in [0.2, 0.25) is 0 Å². The summed E-state index contributed by atoms with van der Waals surface area (Å²) in [5.74, 6) is 1.51.